The molecule has 6 heteroatoms. The van der Waals surface area contributed by atoms with Gasteiger partial charge in [0.25, 0.3) is 0 Å². The number of aromatic nitrogens is 1. The van der Waals surface area contributed by atoms with Gasteiger partial charge in [-0.05, 0) is 55.8 Å². The van der Waals surface area contributed by atoms with Crippen LogP contribution in [0.25, 0.3) is 10.9 Å². The van der Waals surface area contributed by atoms with E-state index in [1.165, 1.54) is 0 Å². The number of piperidine rings is 1. The van der Waals surface area contributed by atoms with Crippen LogP contribution in [0.4, 0.5) is 0 Å². The maximum atomic E-state index is 11.4. The van der Waals surface area contributed by atoms with Crippen LogP contribution in [0, 0.1) is 5.92 Å². The molecular formula is C23H22N2O4. The molecule has 0 spiro atoms. The summed E-state index contributed by atoms with van der Waals surface area (Å²) in [6.07, 6.45) is 1.29. The van der Waals surface area contributed by atoms with Gasteiger partial charge in [-0.2, -0.15) is 0 Å². The number of hydrogen-bond donors (Lipinski definition) is 1. The number of ether oxygens (including phenoxy) is 2. The van der Waals surface area contributed by atoms with Crippen molar-refractivity contribution in [3.8, 4) is 11.5 Å². The second kappa shape index (κ2) is 7.37. The minimum Gasteiger partial charge on any atom is -0.481 e. The van der Waals surface area contributed by atoms with Crippen LogP contribution < -0.4 is 9.47 Å². The maximum absolute atomic E-state index is 11.4. The number of pyridine rings is 1. The summed E-state index contributed by atoms with van der Waals surface area (Å²) in [5.41, 5.74) is 2.98. The summed E-state index contributed by atoms with van der Waals surface area (Å²) in [6, 6.07) is 18.2. The van der Waals surface area contributed by atoms with Gasteiger partial charge in [-0.3, -0.25) is 14.7 Å². The van der Waals surface area contributed by atoms with E-state index >= 15 is 0 Å². The molecule has 2 aliphatic rings. The summed E-state index contributed by atoms with van der Waals surface area (Å²) in [4.78, 5) is 18.7. The predicted molar refractivity (Wildman–Crippen MR) is 108 cm³/mol. The van der Waals surface area contributed by atoms with Crippen LogP contribution in [0.15, 0.2) is 54.6 Å². The molecule has 1 unspecified atom stereocenters. The van der Waals surface area contributed by atoms with Crippen molar-refractivity contribution in [2.75, 3.05) is 19.9 Å². The van der Waals surface area contributed by atoms with Crippen molar-refractivity contribution in [1.29, 1.82) is 0 Å². The Labute approximate surface area is 168 Å². The van der Waals surface area contributed by atoms with Gasteiger partial charge in [0.15, 0.2) is 11.5 Å². The third-order valence-corrected chi connectivity index (χ3v) is 5.86. The number of para-hydroxylation sites is 1. The molecular weight excluding hydrogens is 368 g/mol. The lowest BCUT2D eigenvalue weighted by Crippen LogP contribution is -2.39. The van der Waals surface area contributed by atoms with Gasteiger partial charge in [0.1, 0.15) is 0 Å². The van der Waals surface area contributed by atoms with E-state index < -0.39 is 5.97 Å². The summed E-state index contributed by atoms with van der Waals surface area (Å²) in [7, 11) is 0. The molecule has 1 fully saturated rings. The highest BCUT2D eigenvalue weighted by molar-refractivity contribution is 5.78. The molecule has 1 saturated heterocycles. The zero-order valence-electron chi connectivity index (χ0n) is 16.0. The molecule has 1 N–H and O–H groups in total. The Bertz CT molecular complexity index is 1060. The third-order valence-electron chi connectivity index (χ3n) is 5.86. The van der Waals surface area contributed by atoms with Gasteiger partial charge >= 0.3 is 5.97 Å². The fourth-order valence-electron chi connectivity index (χ4n) is 4.29. The van der Waals surface area contributed by atoms with Crippen LogP contribution in [0.5, 0.6) is 11.5 Å². The molecule has 1 atom stereocenters. The maximum Gasteiger partial charge on any atom is 0.306 e. The Hall–Kier alpha value is -3.12. The first-order valence-electron chi connectivity index (χ1n) is 9.91. The standard InChI is InChI=1S/C23H22N2O4/c26-23(27)16-9-11-25(12-10-16)22(17-6-8-20-21(13-17)29-14-28-20)19-7-5-15-3-1-2-4-18(15)24-19/h1-8,13,16,22H,9-12,14H2,(H,26,27). The van der Waals surface area contributed by atoms with Gasteiger partial charge < -0.3 is 14.6 Å². The van der Waals surface area contributed by atoms with E-state index in [2.05, 4.69) is 29.2 Å². The quantitative estimate of drug-likeness (QED) is 0.730. The summed E-state index contributed by atoms with van der Waals surface area (Å²) in [5.74, 6) is 0.526. The zero-order chi connectivity index (χ0) is 19.8. The number of carboxylic acids is 1. The predicted octanol–water partition coefficient (Wildman–Crippen LogP) is 3.85. The van der Waals surface area contributed by atoms with Crippen molar-refractivity contribution in [3.63, 3.8) is 0 Å². The highest BCUT2D eigenvalue weighted by atomic mass is 16.7. The lowest BCUT2D eigenvalue weighted by molar-refractivity contribution is -0.143. The number of fused-ring (bicyclic) bond motifs is 2. The summed E-state index contributed by atoms with van der Waals surface area (Å²) in [6.45, 7) is 1.66. The van der Waals surface area contributed by atoms with Crippen molar-refractivity contribution >= 4 is 16.9 Å². The van der Waals surface area contributed by atoms with Crippen LogP contribution in [-0.4, -0.2) is 40.8 Å². The highest BCUT2D eigenvalue weighted by Gasteiger charge is 2.31. The van der Waals surface area contributed by atoms with E-state index in [-0.39, 0.29) is 18.8 Å². The van der Waals surface area contributed by atoms with Crippen molar-refractivity contribution in [3.05, 3.63) is 65.9 Å². The van der Waals surface area contributed by atoms with E-state index in [0.717, 1.165) is 33.7 Å². The average Bonchev–Trinajstić information content (AvgIpc) is 3.22. The smallest absolute Gasteiger partial charge is 0.306 e. The number of aliphatic carboxylic acids is 1. The molecule has 6 nitrogen and oxygen atoms in total. The van der Waals surface area contributed by atoms with Crippen LogP contribution in [0.2, 0.25) is 0 Å². The molecule has 0 amide bonds. The third kappa shape index (κ3) is 3.40. The van der Waals surface area contributed by atoms with Gasteiger partial charge in [0, 0.05) is 5.39 Å². The minimum atomic E-state index is -0.701. The molecule has 5 rings (SSSR count). The molecule has 2 aliphatic heterocycles. The zero-order valence-corrected chi connectivity index (χ0v) is 16.0. The number of rotatable bonds is 4. The molecule has 3 heterocycles. The number of nitrogens with zero attached hydrogens (tertiary/aromatic N) is 2. The van der Waals surface area contributed by atoms with Crippen molar-refractivity contribution < 1.29 is 19.4 Å². The van der Waals surface area contributed by atoms with Crippen LogP contribution >= 0.6 is 0 Å². The van der Waals surface area contributed by atoms with Crippen molar-refractivity contribution in [1.82, 2.24) is 9.88 Å². The number of likely N-dealkylation sites (tertiary alicyclic amines) is 1. The SMILES string of the molecule is O=C(O)C1CCN(C(c2ccc3c(c2)OCO3)c2ccc3ccccc3n2)CC1. The lowest BCUT2D eigenvalue weighted by Gasteiger charge is -2.36. The monoisotopic (exact) mass is 390 g/mol. The Balaban J connectivity index is 1.54. The molecule has 2 aromatic carbocycles. The Morgan fingerprint density at radius 2 is 1.83 bits per heavy atom. The lowest BCUT2D eigenvalue weighted by atomic mass is 9.92. The van der Waals surface area contributed by atoms with Gasteiger partial charge in [0.05, 0.1) is 23.2 Å². The Kier molecular flexibility index (Phi) is 4.56. The molecule has 0 radical (unpaired) electrons. The first-order chi connectivity index (χ1) is 14.2. The van der Waals surface area contributed by atoms with Crippen LogP contribution in [0.3, 0.4) is 0 Å². The molecule has 0 bridgehead atoms. The highest BCUT2D eigenvalue weighted by Crippen LogP contribution is 2.38. The second-order valence-corrected chi connectivity index (χ2v) is 7.59. The fraction of sp³-hybridized carbons (Fsp3) is 0.304. The van der Waals surface area contributed by atoms with Crippen molar-refractivity contribution in [2.45, 2.75) is 18.9 Å². The van der Waals surface area contributed by atoms with Crippen molar-refractivity contribution in [2.24, 2.45) is 5.92 Å². The van der Waals surface area contributed by atoms with E-state index in [1.54, 1.807) is 0 Å². The number of carbonyl (C=O) groups is 1. The largest absolute Gasteiger partial charge is 0.481 e. The van der Waals surface area contributed by atoms with Gasteiger partial charge in [-0.25, -0.2) is 0 Å². The minimum absolute atomic E-state index is 0.0659. The second-order valence-electron chi connectivity index (χ2n) is 7.59. The first-order valence-corrected chi connectivity index (χ1v) is 9.91. The van der Waals surface area contributed by atoms with Crippen LogP contribution in [0.1, 0.15) is 30.1 Å². The van der Waals surface area contributed by atoms with Crippen LogP contribution in [-0.2, 0) is 4.79 Å². The van der Waals surface area contributed by atoms with Gasteiger partial charge in [-0.1, -0.05) is 30.3 Å². The van der Waals surface area contributed by atoms with E-state index in [1.807, 2.05) is 30.3 Å². The number of hydrogen-bond acceptors (Lipinski definition) is 5. The molecule has 0 saturated carbocycles. The van der Waals surface area contributed by atoms with Gasteiger partial charge in [0.2, 0.25) is 6.79 Å². The fourth-order valence-corrected chi connectivity index (χ4v) is 4.29. The number of benzene rings is 2. The summed E-state index contributed by atoms with van der Waals surface area (Å²) in [5, 5.41) is 10.5. The number of carboxylic acid groups (broad SMARTS) is 1. The molecule has 0 aliphatic carbocycles. The first kappa shape index (κ1) is 17.9. The normalized spacial score (nSPS) is 18.1. The molecule has 3 aromatic rings. The molecule has 29 heavy (non-hydrogen) atoms. The van der Waals surface area contributed by atoms with E-state index in [0.29, 0.717) is 25.9 Å². The Morgan fingerprint density at radius 3 is 2.66 bits per heavy atom. The van der Waals surface area contributed by atoms with E-state index in [9.17, 15) is 9.90 Å². The van der Waals surface area contributed by atoms with E-state index in [4.69, 9.17) is 14.5 Å². The Morgan fingerprint density at radius 1 is 1.03 bits per heavy atom. The summed E-state index contributed by atoms with van der Waals surface area (Å²) >= 11 is 0. The van der Waals surface area contributed by atoms with Gasteiger partial charge in [-0.15, -0.1) is 0 Å². The molecule has 148 valence electrons. The molecule has 1 aromatic heterocycles. The summed E-state index contributed by atoms with van der Waals surface area (Å²) < 4.78 is 11.1. The average molecular weight is 390 g/mol. The topological polar surface area (TPSA) is 71.9 Å².